The fourth-order valence-electron chi connectivity index (χ4n) is 3.90. The molecule has 1 fully saturated rings. The summed E-state index contributed by atoms with van der Waals surface area (Å²) in [4.78, 5) is 1.41. The van der Waals surface area contributed by atoms with Crippen molar-refractivity contribution in [3.8, 4) is 0 Å². The van der Waals surface area contributed by atoms with Gasteiger partial charge in [0.1, 0.15) is 0 Å². The second kappa shape index (κ2) is 5.50. The lowest BCUT2D eigenvalue weighted by molar-refractivity contribution is 0.163. The van der Waals surface area contributed by atoms with Crippen molar-refractivity contribution in [3.63, 3.8) is 0 Å². The lowest BCUT2D eigenvalue weighted by Gasteiger charge is -2.39. The number of benzene rings is 1. The van der Waals surface area contributed by atoms with Crippen molar-refractivity contribution in [2.45, 2.75) is 32.3 Å². The van der Waals surface area contributed by atoms with Gasteiger partial charge in [0.05, 0.1) is 6.10 Å². The van der Waals surface area contributed by atoms with E-state index in [1.54, 1.807) is 0 Å². The summed E-state index contributed by atoms with van der Waals surface area (Å²) >= 11 is 2.38. The van der Waals surface area contributed by atoms with E-state index in [4.69, 9.17) is 0 Å². The zero-order chi connectivity index (χ0) is 14.3. The highest BCUT2D eigenvalue weighted by Gasteiger charge is 2.48. The second-order valence-electron chi connectivity index (χ2n) is 6.24. The molecule has 0 saturated heterocycles. The van der Waals surface area contributed by atoms with Crippen LogP contribution in [-0.4, -0.2) is 11.2 Å². The van der Waals surface area contributed by atoms with Crippen LogP contribution < -0.4 is 0 Å². The average molecular weight is 398 g/mol. The van der Waals surface area contributed by atoms with Crippen molar-refractivity contribution >= 4 is 35.7 Å². The number of hydrogen-bond acceptors (Lipinski definition) is 2. The third-order valence-corrected chi connectivity index (χ3v) is 6.92. The summed E-state index contributed by atoms with van der Waals surface area (Å²) in [5, 5.41) is 10.1. The maximum absolute atomic E-state index is 10.1. The smallest absolute Gasteiger partial charge is 0.0551 e. The van der Waals surface area contributed by atoms with Crippen LogP contribution in [0.15, 0.2) is 47.4 Å². The van der Waals surface area contributed by atoms with E-state index in [1.807, 2.05) is 8.93 Å². The highest BCUT2D eigenvalue weighted by atomic mass is 127. The Balaban J connectivity index is 2.08. The van der Waals surface area contributed by atoms with Gasteiger partial charge in [-0.15, -0.1) is 0 Å². The quantitative estimate of drug-likeness (QED) is 0.690. The van der Waals surface area contributed by atoms with Gasteiger partial charge >= 0.3 is 0 Å². The van der Waals surface area contributed by atoms with Crippen molar-refractivity contribution in [3.05, 3.63) is 53.0 Å². The molecule has 0 unspecified atom stereocenters. The van der Waals surface area contributed by atoms with E-state index in [9.17, 15) is 5.11 Å². The Bertz CT molecular complexity index is 566. The summed E-state index contributed by atoms with van der Waals surface area (Å²) in [5.41, 5.74) is 3.99. The molecular weight excluding hydrogens is 379 g/mol. The van der Waals surface area contributed by atoms with Gasteiger partial charge in [0, 0.05) is 26.1 Å². The molecule has 0 bridgehead atoms. The molecule has 3 heteroatoms. The van der Waals surface area contributed by atoms with Crippen molar-refractivity contribution in [1.82, 2.24) is 0 Å². The number of hydrogen-bond donors (Lipinski definition) is 1. The van der Waals surface area contributed by atoms with Crippen LogP contribution in [0.1, 0.15) is 31.7 Å². The second-order valence-corrected chi connectivity index (χ2v) is 8.21. The van der Waals surface area contributed by atoms with Crippen molar-refractivity contribution < 1.29 is 5.11 Å². The first-order chi connectivity index (χ1) is 9.55. The van der Waals surface area contributed by atoms with E-state index in [0.717, 1.165) is 19.3 Å². The highest BCUT2D eigenvalue weighted by Crippen LogP contribution is 2.59. The van der Waals surface area contributed by atoms with Gasteiger partial charge in [0.2, 0.25) is 0 Å². The van der Waals surface area contributed by atoms with Crippen LogP contribution in [0.3, 0.4) is 0 Å². The average Bonchev–Trinajstić information content (AvgIpc) is 2.74. The number of aliphatic hydroxyl groups excluding tert-OH is 1. The summed E-state index contributed by atoms with van der Waals surface area (Å²) in [6, 6.07) is 10.6. The van der Waals surface area contributed by atoms with E-state index in [2.05, 4.69) is 65.0 Å². The molecule has 3 atom stereocenters. The Morgan fingerprint density at radius 3 is 2.70 bits per heavy atom. The zero-order valence-electron chi connectivity index (χ0n) is 11.6. The molecular formula is C17H19IOS. The monoisotopic (exact) mass is 398 g/mol. The lowest BCUT2D eigenvalue weighted by Crippen LogP contribution is -2.28. The summed E-state index contributed by atoms with van der Waals surface area (Å²) in [5.74, 6) is 0.417. The van der Waals surface area contributed by atoms with Crippen LogP contribution in [0.4, 0.5) is 0 Å². The van der Waals surface area contributed by atoms with Crippen LogP contribution >= 0.6 is 30.1 Å². The molecule has 2 aliphatic carbocycles. The number of halogens is 1. The summed E-state index contributed by atoms with van der Waals surface area (Å²) < 4.78 is 0. The van der Waals surface area contributed by atoms with Crippen LogP contribution in [0.25, 0.3) is 5.57 Å². The van der Waals surface area contributed by atoms with Crippen LogP contribution in [0.5, 0.6) is 0 Å². The predicted octanol–water partition coefficient (Wildman–Crippen LogP) is 5.22. The number of rotatable bonds is 2. The molecule has 1 nitrogen and oxygen atoms in total. The highest BCUT2D eigenvalue weighted by molar-refractivity contribution is 14.2. The van der Waals surface area contributed by atoms with Gasteiger partial charge in [0.15, 0.2) is 0 Å². The van der Waals surface area contributed by atoms with Gasteiger partial charge in [-0.2, -0.15) is 0 Å². The molecule has 0 heterocycles. The molecule has 0 aromatic heterocycles. The molecule has 0 radical (unpaired) electrons. The van der Waals surface area contributed by atoms with E-state index in [-0.39, 0.29) is 11.5 Å². The first-order valence-corrected chi connectivity index (χ1v) is 10.4. The van der Waals surface area contributed by atoms with Crippen molar-refractivity contribution in [2.75, 3.05) is 0 Å². The number of aliphatic hydroxyl groups is 1. The molecule has 0 aliphatic heterocycles. The maximum atomic E-state index is 10.1. The van der Waals surface area contributed by atoms with E-state index in [1.165, 1.54) is 21.6 Å². The molecule has 20 heavy (non-hydrogen) atoms. The minimum Gasteiger partial charge on any atom is -0.393 e. The molecule has 1 aromatic carbocycles. The lowest BCUT2D eigenvalue weighted by atomic mass is 9.67. The van der Waals surface area contributed by atoms with Gasteiger partial charge in [-0.25, -0.2) is 0 Å². The molecule has 1 aromatic rings. The Morgan fingerprint density at radius 2 is 2.05 bits per heavy atom. The molecule has 3 rings (SSSR count). The van der Waals surface area contributed by atoms with Gasteiger partial charge in [-0.05, 0) is 47.3 Å². The summed E-state index contributed by atoms with van der Waals surface area (Å²) in [7, 11) is 1.81. The van der Waals surface area contributed by atoms with Gasteiger partial charge < -0.3 is 5.11 Å². The first kappa shape index (κ1) is 14.7. The normalized spacial score (nSPS) is 33.5. The largest absolute Gasteiger partial charge is 0.393 e. The standard InChI is InChI=1S/C17H19IOS/c1-11-14-8-13(19)9-17(14,2)10-15(20-18)16(11)12-6-4-3-5-7-12/h3-7,13-14,19H,1,8-10H2,2H3/t13-,14-,17+/m0/s1. The fraction of sp³-hybridized carbons (Fsp3) is 0.412. The molecule has 2 aliphatic rings. The third-order valence-electron chi connectivity index (χ3n) is 4.79. The van der Waals surface area contributed by atoms with Gasteiger partial charge in [0.25, 0.3) is 0 Å². The topological polar surface area (TPSA) is 20.2 Å². The molecule has 0 spiro atoms. The number of fused-ring (bicyclic) bond motifs is 1. The maximum Gasteiger partial charge on any atom is 0.0551 e. The Kier molecular flexibility index (Phi) is 4.04. The van der Waals surface area contributed by atoms with Gasteiger partial charge in [-0.1, -0.05) is 52.8 Å². The summed E-state index contributed by atoms with van der Waals surface area (Å²) in [6.07, 6.45) is 2.66. The molecule has 106 valence electrons. The molecule has 0 amide bonds. The SMILES string of the molecule is C=C1C(c2ccccc2)=C(SI)C[C@@]2(C)C[C@@H](O)C[C@@H]12. The minimum absolute atomic E-state index is 0.169. The van der Waals surface area contributed by atoms with Gasteiger partial charge in [-0.3, -0.25) is 0 Å². The van der Waals surface area contributed by atoms with Crippen molar-refractivity contribution in [2.24, 2.45) is 11.3 Å². The predicted molar refractivity (Wildman–Crippen MR) is 95.6 cm³/mol. The van der Waals surface area contributed by atoms with Crippen LogP contribution in [0, 0.1) is 11.3 Å². The zero-order valence-corrected chi connectivity index (χ0v) is 14.6. The van der Waals surface area contributed by atoms with Crippen LogP contribution in [-0.2, 0) is 0 Å². The number of allylic oxidation sites excluding steroid dienone is 3. The minimum atomic E-state index is -0.169. The Hall–Kier alpha value is -0.260. The van der Waals surface area contributed by atoms with Crippen LogP contribution in [0.2, 0.25) is 0 Å². The molecule has 1 N–H and O–H groups in total. The van der Waals surface area contributed by atoms with E-state index < -0.39 is 0 Å². The van der Waals surface area contributed by atoms with E-state index >= 15 is 0 Å². The van der Waals surface area contributed by atoms with E-state index in [0.29, 0.717) is 5.92 Å². The van der Waals surface area contributed by atoms with Crippen molar-refractivity contribution in [1.29, 1.82) is 0 Å². The Morgan fingerprint density at radius 1 is 1.35 bits per heavy atom. The summed E-state index contributed by atoms with van der Waals surface area (Å²) in [6.45, 7) is 6.72. The Labute approximate surface area is 137 Å². The first-order valence-electron chi connectivity index (χ1n) is 6.99. The fourth-order valence-corrected chi connectivity index (χ4v) is 5.74. The third kappa shape index (κ3) is 2.38. The molecule has 1 saturated carbocycles.